The highest BCUT2D eigenvalue weighted by atomic mass is 32.2. The van der Waals surface area contributed by atoms with Crippen LogP contribution in [0.25, 0.3) is 21.5 Å². The first kappa shape index (κ1) is 67.4. The van der Waals surface area contributed by atoms with Gasteiger partial charge in [0.2, 0.25) is 0 Å². The van der Waals surface area contributed by atoms with Crippen LogP contribution in [-0.2, 0) is 68.2 Å². The summed E-state index contributed by atoms with van der Waals surface area (Å²) in [6, 6.07) is 24.8. The molecule has 0 amide bonds. The molecule has 0 bridgehead atoms. The fourth-order valence-electron chi connectivity index (χ4n) is 9.41. The third-order valence-electron chi connectivity index (χ3n) is 13.8. The minimum absolute atomic E-state index is 0.0886. The lowest BCUT2D eigenvalue weighted by Gasteiger charge is -2.15. The highest BCUT2D eigenvalue weighted by Gasteiger charge is 2.24. The average Bonchev–Trinajstić information content (AvgIpc) is 0.923. The number of aryl methyl sites for hydroxylation is 6. The van der Waals surface area contributed by atoms with Crippen LogP contribution in [0.1, 0.15) is 64.3 Å². The first-order valence-corrected chi connectivity index (χ1v) is 34.4. The predicted octanol–water partition coefficient (Wildman–Crippen LogP) is 14.3. The highest BCUT2D eigenvalue weighted by Crippen LogP contribution is 2.40. The van der Waals surface area contributed by atoms with Gasteiger partial charge < -0.3 is 9.47 Å². The molecule has 0 radical (unpaired) electrons. The fraction of sp³-hybridized carbons (Fsp3) is 0.237. The minimum atomic E-state index is -4.90. The quantitative estimate of drug-likeness (QED) is 0.0213. The maximum absolute atomic E-state index is 14.1. The van der Waals surface area contributed by atoms with Gasteiger partial charge in [-0.3, -0.25) is 27.6 Å². The molecule has 0 aromatic heterocycles. The molecule has 0 unspecified atom stereocenters. The summed E-state index contributed by atoms with van der Waals surface area (Å²) >= 11 is 0. The van der Waals surface area contributed by atoms with Crippen molar-refractivity contribution in [2.45, 2.75) is 93.7 Å². The van der Waals surface area contributed by atoms with Crippen molar-refractivity contribution in [2.24, 2.45) is 40.9 Å². The van der Waals surface area contributed by atoms with Crippen molar-refractivity contribution >= 4 is 123 Å². The van der Waals surface area contributed by atoms with E-state index in [-0.39, 0.29) is 70.3 Å². The smallest absolute Gasteiger partial charge is 0.295 e. The molecule has 0 heterocycles. The maximum Gasteiger partial charge on any atom is 0.295 e. The number of benzene rings is 8. The summed E-state index contributed by atoms with van der Waals surface area (Å²) in [6.07, 6.45) is 0.303. The number of azo groups is 4. The Morgan fingerprint density at radius 2 is 0.711 bits per heavy atom. The van der Waals surface area contributed by atoms with Crippen molar-refractivity contribution in [1.29, 1.82) is 0 Å². The molecular weight excluding hydrogens is 1270 g/mol. The second-order valence-corrected chi connectivity index (χ2v) is 28.0. The Balaban J connectivity index is 1.02. The maximum atomic E-state index is 14.1. The van der Waals surface area contributed by atoms with Crippen LogP contribution in [0.2, 0.25) is 0 Å². The minimum Gasteiger partial charge on any atom is -0.493 e. The van der Waals surface area contributed by atoms with E-state index in [0.717, 1.165) is 24.3 Å². The van der Waals surface area contributed by atoms with Gasteiger partial charge in [0.05, 0.1) is 64.5 Å². The molecular formula is C59H58N8O18S5. The Hall–Kier alpha value is -8.50. The third-order valence-corrected chi connectivity index (χ3v) is 18.2. The largest absolute Gasteiger partial charge is 0.493 e. The number of ether oxygens (including phenoxy) is 2. The Morgan fingerprint density at radius 3 is 1.04 bits per heavy atom. The van der Waals surface area contributed by atoms with E-state index in [1.165, 1.54) is 36.4 Å². The normalized spacial score (nSPS) is 12.8. The van der Waals surface area contributed by atoms with Crippen LogP contribution < -0.4 is 9.47 Å². The van der Waals surface area contributed by atoms with E-state index in [9.17, 15) is 69.6 Å². The SMILES string of the molecule is CCCOc1cc(N=Nc2cc(C)c(N=Nc3cc(S(=O)(=O)O)c4cccc(S(=O)(=O)O)c4c3)cc2C)c(C)cc1CC(=O)Cc1cc(C)c(N=Nc2cc(C)c(N=Nc3cc(S(=O)(=O)O)c4cccc(S(=O)(=O)O)c4c3)cc2C)cc1OCCCS(=O)(=O)O. The van der Waals surface area contributed by atoms with Crippen LogP contribution in [0.3, 0.4) is 0 Å². The molecule has 0 aliphatic heterocycles. The van der Waals surface area contributed by atoms with Gasteiger partial charge in [-0.25, -0.2) is 0 Å². The van der Waals surface area contributed by atoms with Crippen molar-refractivity contribution in [3.63, 3.8) is 0 Å². The molecule has 31 heteroatoms. The van der Waals surface area contributed by atoms with Crippen LogP contribution in [0.5, 0.6) is 11.5 Å². The Labute approximate surface area is 518 Å². The van der Waals surface area contributed by atoms with Gasteiger partial charge in [-0.2, -0.15) is 83.0 Å². The molecule has 8 aromatic rings. The topological polar surface area (TPSA) is 406 Å². The molecule has 0 atom stereocenters. The molecule has 26 nitrogen and oxygen atoms in total. The summed E-state index contributed by atoms with van der Waals surface area (Å²) in [7, 11) is -23.8. The Kier molecular flexibility index (Phi) is 20.2. The van der Waals surface area contributed by atoms with Crippen LogP contribution >= 0.6 is 0 Å². The van der Waals surface area contributed by atoms with Crippen molar-refractivity contribution in [3.8, 4) is 11.5 Å². The van der Waals surface area contributed by atoms with Crippen molar-refractivity contribution in [3.05, 3.63) is 154 Å². The van der Waals surface area contributed by atoms with E-state index in [4.69, 9.17) is 9.47 Å². The Bertz CT molecular complexity index is 4960. The number of hydrogen-bond acceptors (Lipinski definition) is 21. The number of ketones is 1. The molecule has 0 aliphatic rings. The molecule has 472 valence electrons. The first-order chi connectivity index (χ1) is 42.1. The van der Waals surface area contributed by atoms with Gasteiger partial charge in [0.25, 0.3) is 50.6 Å². The van der Waals surface area contributed by atoms with Crippen LogP contribution in [0.15, 0.2) is 170 Å². The molecule has 0 saturated heterocycles. The lowest BCUT2D eigenvalue weighted by molar-refractivity contribution is -0.117. The van der Waals surface area contributed by atoms with Gasteiger partial charge in [-0.05, 0) is 161 Å². The van der Waals surface area contributed by atoms with E-state index in [1.54, 1.807) is 90.1 Å². The van der Waals surface area contributed by atoms with E-state index >= 15 is 0 Å². The molecule has 0 saturated carbocycles. The van der Waals surface area contributed by atoms with Crippen LogP contribution in [-0.4, -0.2) is 89.6 Å². The number of fused-ring (bicyclic) bond motifs is 2. The summed E-state index contributed by atoms with van der Waals surface area (Å²) < 4.78 is 182. The molecule has 0 fully saturated rings. The van der Waals surface area contributed by atoms with E-state index in [2.05, 4.69) is 40.9 Å². The Morgan fingerprint density at radius 1 is 0.389 bits per heavy atom. The highest BCUT2D eigenvalue weighted by molar-refractivity contribution is 7.87. The summed E-state index contributed by atoms with van der Waals surface area (Å²) in [6.45, 7) is 12.5. The second-order valence-electron chi connectivity index (χ2n) is 20.9. The van der Waals surface area contributed by atoms with E-state index in [1.807, 2.05) is 6.92 Å². The number of carbonyl (C=O) groups excluding carboxylic acids is 1. The summed E-state index contributed by atoms with van der Waals surface area (Å²) in [5.74, 6) is -0.256. The van der Waals surface area contributed by atoms with Gasteiger partial charge in [-0.1, -0.05) is 31.2 Å². The van der Waals surface area contributed by atoms with Gasteiger partial charge in [0.1, 0.15) is 36.9 Å². The molecule has 0 spiro atoms. The zero-order valence-electron chi connectivity index (χ0n) is 49.0. The summed E-state index contributed by atoms with van der Waals surface area (Å²) in [5.41, 5.74) is 6.44. The molecule has 0 aliphatic carbocycles. The number of Topliss-reactive ketones (excluding diaryl/α,β-unsaturated/α-hetero) is 1. The lowest BCUT2D eigenvalue weighted by Crippen LogP contribution is -2.12. The number of hydrogen-bond donors (Lipinski definition) is 5. The fourth-order valence-corrected chi connectivity index (χ4v) is 12.7. The van der Waals surface area contributed by atoms with Crippen molar-refractivity contribution in [1.82, 2.24) is 0 Å². The van der Waals surface area contributed by atoms with E-state index in [0.29, 0.717) is 97.4 Å². The standard InChI is InChI=1S/C59H58N8O18S5/c1-8-16-84-54-31-52(66-64-50-23-35(4)48(21-37(50)6)62-60-41-27-46-44(58(29-41)89(78,79)80)12-9-14-56(46)87(72,73)74)33(2)19-39(54)25-43(68)26-40-20-34(3)53(32-55(40)85-17-11-18-86(69,70)71)67-65-51-24-36(5)49(22-38(51)7)63-61-42-28-47-45(59(30-42)90(81,82)83)13-10-15-57(47)88(75,76)77/h9-10,12-15,19-24,27-32H,8,11,16-18,25-26H2,1-7H3,(H,69,70,71)(H,72,73,74)(H,75,76,77)(H,78,79,80)(H,81,82,83). The van der Waals surface area contributed by atoms with E-state index < -0.39 is 75.9 Å². The molecule has 5 N–H and O–H groups in total. The van der Waals surface area contributed by atoms with Gasteiger partial charge in [-0.15, -0.1) is 0 Å². The van der Waals surface area contributed by atoms with Gasteiger partial charge in [0, 0.05) is 57.6 Å². The predicted molar refractivity (Wildman–Crippen MR) is 333 cm³/mol. The molecule has 8 aromatic carbocycles. The first-order valence-electron chi connectivity index (χ1n) is 27.0. The van der Waals surface area contributed by atoms with Gasteiger partial charge in [0.15, 0.2) is 0 Å². The number of carbonyl (C=O) groups is 1. The summed E-state index contributed by atoms with van der Waals surface area (Å²) in [4.78, 5) is 11.6. The van der Waals surface area contributed by atoms with Crippen molar-refractivity contribution in [2.75, 3.05) is 19.0 Å². The van der Waals surface area contributed by atoms with Crippen molar-refractivity contribution < 1.29 is 79.1 Å². The van der Waals surface area contributed by atoms with Gasteiger partial charge >= 0.3 is 0 Å². The van der Waals surface area contributed by atoms with Crippen LogP contribution in [0.4, 0.5) is 45.5 Å². The molecule has 90 heavy (non-hydrogen) atoms. The molecule has 8 rings (SSSR count). The number of rotatable bonds is 24. The third kappa shape index (κ3) is 16.7. The zero-order chi connectivity index (χ0) is 65.8. The second kappa shape index (κ2) is 26.9. The average molecular weight is 1330 g/mol. The zero-order valence-corrected chi connectivity index (χ0v) is 53.1. The monoisotopic (exact) mass is 1330 g/mol. The van der Waals surface area contributed by atoms with Crippen LogP contribution in [0, 0.1) is 41.5 Å². The lowest BCUT2D eigenvalue weighted by atomic mass is 9.98. The summed E-state index contributed by atoms with van der Waals surface area (Å²) in [5, 5.41) is 34.0. The number of nitrogens with zero attached hydrogens (tertiary/aromatic N) is 8.